The molecule has 1 aromatic rings. The summed E-state index contributed by atoms with van der Waals surface area (Å²) in [6, 6.07) is 3.66. The summed E-state index contributed by atoms with van der Waals surface area (Å²) in [6.45, 7) is 3.61. The number of aryl methyl sites for hydroxylation is 2. The lowest BCUT2D eigenvalue weighted by Gasteiger charge is -2.12. The van der Waals surface area contributed by atoms with Crippen molar-refractivity contribution in [2.45, 2.75) is 19.8 Å². The second kappa shape index (κ2) is 3.91. The SMILES string of the molecule is Cc1cc(C)c(C2C(=O)COC2=O)c(Cl)c1. The highest BCUT2D eigenvalue weighted by molar-refractivity contribution is 6.32. The molecule has 1 saturated heterocycles. The van der Waals surface area contributed by atoms with Crippen LogP contribution in [0.4, 0.5) is 0 Å². The molecule has 0 aliphatic carbocycles. The minimum Gasteiger partial charge on any atom is -0.457 e. The van der Waals surface area contributed by atoms with Crippen molar-refractivity contribution in [3.8, 4) is 0 Å². The van der Waals surface area contributed by atoms with Crippen LogP contribution in [0.2, 0.25) is 5.02 Å². The molecule has 1 fully saturated rings. The van der Waals surface area contributed by atoms with Crippen molar-refractivity contribution in [2.24, 2.45) is 0 Å². The largest absolute Gasteiger partial charge is 0.457 e. The Balaban J connectivity index is 2.55. The average Bonchev–Trinajstić information content (AvgIpc) is 2.47. The Kier molecular flexibility index (Phi) is 2.72. The molecule has 0 amide bonds. The molecule has 0 aromatic heterocycles. The lowest BCUT2D eigenvalue weighted by atomic mass is 9.92. The third-order valence-electron chi connectivity index (χ3n) is 2.68. The van der Waals surface area contributed by atoms with E-state index in [2.05, 4.69) is 0 Å². The number of cyclic esters (lactones) is 1. The van der Waals surface area contributed by atoms with Gasteiger partial charge in [0.15, 0.2) is 12.4 Å². The summed E-state index contributed by atoms with van der Waals surface area (Å²) in [5.74, 6) is -1.56. The molecule has 1 aromatic carbocycles. The van der Waals surface area contributed by atoms with Gasteiger partial charge in [0.1, 0.15) is 5.92 Å². The molecule has 1 aliphatic rings. The lowest BCUT2D eigenvalue weighted by molar-refractivity contribution is -0.139. The van der Waals surface area contributed by atoms with Gasteiger partial charge in [-0.15, -0.1) is 0 Å². The van der Waals surface area contributed by atoms with Gasteiger partial charge in [0.05, 0.1) is 0 Å². The Labute approximate surface area is 98.4 Å². The normalized spacial score (nSPS) is 20.1. The van der Waals surface area contributed by atoms with Gasteiger partial charge >= 0.3 is 5.97 Å². The van der Waals surface area contributed by atoms with Crippen molar-refractivity contribution in [1.29, 1.82) is 0 Å². The molecule has 2 rings (SSSR count). The summed E-state index contributed by atoms with van der Waals surface area (Å²) < 4.78 is 4.73. The van der Waals surface area contributed by atoms with Crippen molar-refractivity contribution in [3.63, 3.8) is 0 Å². The molecule has 3 nitrogen and oxygen atoms in total. The van der Waals surface area contributed by atoms with Gasteiger partial charge in [-0.25, -0.2) is 0 Å². The molecule has 0 bridgehead atoms. The second-order valence-corrected chi connectivity index (χ2v) is 4.39. The number of hydrogen-bond donors (Lipinski definition) is 0. The highest BCUT2D eigenvalue weighted by Crippen LogP contribution is 2.33. The van der Waals surface area contributed by atoms with E-state index in [4.69, 9.17) is 16.3 Å². The van der Waals surface area contributed by atoms with E-state index in [1.807, 2.05) is 19.9 Å². The van der Waals surface area contributed by atoms with Gasteiger partial charge in [-0.3, -0.25) is 9.59 Å². The van der Waals surface area contributed by atoms with Crippen LogP contribution in [-0.4, -0.2) is 18.4 Å². The van der Waals surface area contributed by atoms with Crippen LogP contribution in [0.5, 0.6) is 0 Å². The minimum atomic E-state index is -0.840. The standard InChI is InChI=1S/C12H11ClO3/c1-6-3-7(2)10(8(13)4-6)11-9(14)5-16-12(11)15/h3-4,11H,5H2,1-2H3. The zero-order valence-electron chi connectivity index (χ0n) is 9.04. The van der Waals surface area contributed by atoms with Crippen molar-refractivity contribution >= 4 is 23.4 Å². The van der Waals surface area contributed by atoms with Gasteiger partial charge in [0.25, 0.3) is 0 Å². The quantitative estimate of drug-likeness (QED) is 0.556. The van der Waals surface area contributed by atoms with Crippen LogP contribution in [0, 0.1) is 13.8 Å². The number of carbonyl (C=O) groups excluding carboxylic acids is 2. The molecule has 4 heteroatoms. The van der Waals surface area contributed by atoms with Gasteiger partial charge in [-0.2, -0.15) is 0 Å². The van der Waals surface area contributed by atoms with Crippen LogP contribution in [0.25, 0.3) is 0 Å². The van der Waals surface area contributed by atoms with Gasteiger partial charge in [0.2, 0.25) is 0 Å². The molecule has 84 valence electrons. The highest BCUT2D eigenvalue weighted by Gasteiger charge is 2.38. The number of ether oxygens (including phenoxy) is 1. The van der Waals surface area contributed by atoms with E-state index >= 15 is 0 Å². The molecule has 0 radical (unpaired) electrons. The van der Waals surface area contributed by atoms with E-state index in [0.29, 0.717) is 10.6 Å². The van der Waals surface area contributed by atoms with Crippen LogP contribution in [0.1, 0.15) is 22.6 Å². The molecule has 0 spiro atoms. The van der Waals surface area contributed by atoms with E-state index < -0.39 is 11.9 Å². The lowest BCUT2D eigenvalue weighted by Crippen LogP contribution is -2.15. The van der Waals surface area contributed by atoms with Crippen LogP contribution < -0.4 is 0 Å². The van der Waals surface area contributed by atoms with E-state index in [-0.39, 0.29) is 12.4 Å². The van der Waals surface area contributed by atoms with Gasteiger partial charge in [0, 0.05) is 5.02 Å². The van der Waals surface area contributed by atoms with E-state index in [0.717, 1.165) is 11.1 Å². The van der Waals surface area contributed by atoms with Gasteiger partial charge < -0.3 is 4.74 Å². The second-order valence-electron chi connectivity index (χ2n) is 3.98. The van der Waals surface area contributed by atoms with Crippen molar-refractivity contribution in [1.82, 2.24) is 0 Å². The monoisotopic (exact) mass is 238 g/mol. The average molecular weight is 239 g/mol. The summed E-state index contributed by atoms with van der Waals surface area (Å²) in [7, 11) is 0. The first-order chi connectivity index (χ1) is 7.50. The zero-order valence-corrected chi connectivity index (χ0v) is 9.80. The molecule has 1 heterocycles. The Hall–Kier alpha value is -1.35. The first-order valence-corrected chi connectivity index (χ1v) is 5.34. The maximum Gasteiger partial charge on any atom is 0.321 e. The number of ketones is 1. The summed E-state index contributed by atoms with van der Waals surface area (Å²) in [4.78, 5) is 23.0. The number of carbonyl (C=O) groups is 2. The molecule has 0 N–H and O–H groups in total. The smallest absolute Gasteiger partial charge is 0.321 e. The van der Waals surface area contributed by atoms with Gasteiger partial charge in [-0.05, 0) is 36.6 Å². The molecule has 1 unspecified atom stereocenters. The van der Waals surface area contributed by atoms with E-state index in [1.54, 1.807) is 6.07 Å². The molecule has 1 aliphatic heterocycles. The Morgan fingerprint density at radius 2 is 2.00 bits per heavy atom. The maximum atomic E-state index is 11.6. The van der Waals surface area contributed by atoms with Crippen molar-refractivity contribution < 1.29 is 14.3 Å². The number of rotatable bonds is 1. The number of esters is 1. The predicted molar refractivity (Wildman–Crippen MR) is 59.6 cm³/mol. The van der Waals surface area contributed by atoms with Crippen LogP contribution in [0.3, 0.4) is 0 Å². The van der Waals surface area contributed by atoms with Gasteiger partial charge in [-0.1, -0.05) is 17.7 Å². The van der Waals surface area contributed by atoms with E-state index in [9.17, 15) is 9.59 Å². The molecular weight excluding hydrogens is 228 g/mol. The fourth-order valence-electron chi connectivity index (χ4n) is 2.01. The molecule has 16 heavy (non-hydrogen) atoms. The number of benzene rings is 1. The molecular formula is C12H11ClO3. The Bertz CT molecular complexity index is 440. The van der Waals surface area contributed by atoms with Crippen molar-refractivity contribution in [3.05, 3.63) is 33.8 Å². The number of hydrogen-bond acceptors (Lipinski definition) is 3. The highest BCUT2D eigenvalue weighted by atomic mass is 35.5. The van der Waals surface area contributed by atoms with Crippen LogP contribution >= 0.6 is 11.6 Å². The summed E-state index contributed by atoms with van der Waals surface area (Å²) in [5.41, 5.74) is 2.44. The predicted octanol–water partition coefficient (Wildman–Crippen LogP) is 2.17. The first-order valence-electron chi connectivity index (χ1n) is 4.96. The number of halogens is 1. The maximum absolute atomic E-state index is 11.6. The Morgan fingerprint density at radius 3 is 2.50 bits per heavy atom. The zero-order chi connectivity index (χ0) is 11.9. The third kappa shape index (κ3) is 1.71. The Morgan fingerprint density at radius 1 is 1.31 bits per heavy atom. The topological polar surface area (TPSA) is 43.4 Å². The molecule has 0 saturated carbocycles. The minimum absolute atomic E-state index is 0.146. The molecule has 1 atom stereocenters. The van der Waals surface area contributed by atoms with E-state index in [1.165, 1.54) is 0 Å². The third-order valence-corrected chi connectivity index (χ3v) is 3.00. The summed E-state index contributed by atoms with van der Waals surface area (Å²) >= 11 is 6.09. The fourth-order valence-corrected chi connectivity index (χ4v) is 2.44. The first kappa shape index (κ1) is 11.1. The van der Waals surface area contributed by atoms with Crippen molar-refractivity contribution in [2.75, 3.05) is 6.61 Å². The van der Waals surface area contributed by atoms with Crippen LogP contribution in [0.15, 0.2) is 12.1 Å². The fraction of sp³-hybridized carbons (Fsp3) is 0.333. The van der Waals surface area contributed by atoms with Crippen LogP contribution in [-0.2, 0) is 14.3 Å². The summed E-state index contributed by atoms with van der Waals surface area (Å²) in [6.07, 6.45) is 0. The number of Topliss-reactive ketones (excluding diaryl/α,β-unsaturated/α-hetero) is 1. The summed E-state index contributed by atoms with van der Waals surface area (Å²) in [5, 5.41) is 0.453.